The summed E-state index contributed by atoms with van der Waals surface area (Å²) in [5, 5.41) is 4.87. The fourth-order valence-electron chi connectivity index (χ4n) is 2.50. The molecule has 0 atom stereocenters. The van der Waals surface area contributed by atoms with Gasteiger partial charge in [-0.15, -0.1) is 34.9 Å². The van der Waals surface area contributed by atoms with Gasteiger partial charge >= 0.3 is 0 Å². The van der Waals surface area contributed by atoms with Gasteiger partial charge in [0.25, 0.3) is 0 Å². The topological polar surface area (TPSA) is 46.4 Å². The van der Waals surface area contributed by atoms with Crippen LogP contribution in [-0.4, -0.2) is 10.5 Å². The summed E-state index contributed by atoms with van der Waals surface area (Å²) in [5.74, 6) is -0.0840. The van der Waals surface area contributed by atoms with E-state index in [9.17, 15) is 4.79 Å². The molecule has 0 saturated heterocycles. The predicted molar refractivity (Wildman–Crippen MR) is 114 cm³/mol. The van der Waals surface area contributed by atoms with Crippen LogP contribution in [0.1, 0.15) is 6.92 Å². The Balaban J connectivity index is 0.00000243. The van der Waals surface area contributed by atoms with Gasteiger partial charge in [0.1, 0.15) is 0 Å². The molecular weight excluding hydrogens is 410 g/mol. The fourth-order valence-corrected chi connectivity index (χ4v) is 3.44. The van der Waals surface area contributed by atoms with Crippen LogP contribution in [0.4, 0.5) is 11.4 Å². The minimum Gasteiger partial charge on any atom is -0.326 e. The molecule has 3 rings (SSSR count). The second kappa shape index (κ2) is 9.31. The van der Waals surface area contributed by atoms with Crippen molar-refractivity contribution in [1.82, 2.24) is 4.57 Å². The van der Waals surface area contributed by atoms with Crippen molar-refractivity contribution in [3.05, 3.63) is 77.4 Å². The van der Waals surface area contributed by atoms with Crippen LogP contribution < -0.4 is 10.1 Å². The summed E-state index contributed by atoms with van der Waals surface area (Å²) < 4.78 is 2.15. The molecule has 4 nitrogen and oxygen atoms in total. The van der Waals surface area contributed by atoms with Crippen LogP contribution in [0.2, 0.25) is 0 Å². The lowest BCUT2D eigenvalue weighted by Crippen LogP contribution is -2.14. The van der Waals surface area contributed by atoms with E-state index in [1.807, 2.05) is 48.5 Å². The summed E-state index contributed by atoms with van der Waals surface area (Å²) in [6.45, 7) is 6.04. The first-order valence-electron chi connectivity index (χ1n) is 7.94. The van der Waals surface area contributed by atoms with Crippen molar-refractivity contribution < 1.29 is 4.79 Å². The number of carbonyl (C=O) groups excluding carboxylic acids is 1. The number of benzene rings is 2. The lowest BCUT2D eigenvalue weighted by Gasteiger charge is -2.06. The Morgan fingerprint density at radius 2 is 1.88 bits per heavy atom. The summed E-state index contributed by atoms with van der Waals surface area (Å²) >= 11 is 1.60. The summed E-state index contributed by atoms with van der Waals surface area (Å²) in [4.78, 5) is 16.8. The van der Waals surface area contributed by atoms with Gasteiger partial charge in [0.05, 0.1) is 11.4 Å². The molecule has 0 aliphatic heterocycles. The third-order valence-corrected chi connectivity index (χ3v) is 4.45. The van der Waals surface area contributed by atoms with Gasteiger partial charge in [-0.1, -0.05) is 36.4 Å². The lowest BCUT2D eigenvalue weighted by molar-refractivity contribution is -0.114. The number of hydrogen-bond donors (Lipinski definition) is 1. The number of nitrogens with zero attached hydrogens (tertiary/aromatic N) is 2. The van der Waals surface area contributed by atoms with Crippen molar-refractivity contribution >= 4 is 45.6 Å². The number of amides is 1. The van der Waals surface area contributed by atoms with E-state index in [2.05, 4.69) is 34.0 Å². The van der Waals surface area contributed by atoms with Crippen molar-refractivity contribution in [1.29, 1.82) is 0 Å². The molecule has 0 aliphatic carbocycles. The van der Waals surface area contributed by atoms with Crippen LogP contribution >= 0.6 is 28.3 Å². The highest BCUT2D eigenvalue weighted by atomic mass is 79.9. The minimum atomic E-state index is -0.0840. The van der Waals surface area contributed by atoms with E-state index >= 15 is 0 Å². The molecule has 0 radical (unpaired) electrons. The number of halogens is 1. The van der Waals surface area contributed by atoms with Crippen LogP contribution in [0, 0.1) is 0 Å². The molecule has 0 bridgehead atoms. The van der Waals surface area contributed by atoms with Crippen LogP contribution in [0.5, 0.6) is 0 Å². The molecule has 0 unspecified atom stereocenters. The molecule has 2 aromatic carbocycles. The van der Waals surface area contributed by atoms with Crippen molar-refractivity contribution in [3.8, 4) is 11.3 Å². The maximum Gasteiger partial charge on any atom is 0.221 e. The Morgan fingerprint density at radius 3 is 2.50 bits per heavy atom. The fraction of sp³-hybridized carbons (Fsp3) is 0.100. The molecule has 6 heteroatoms. The summed E-state index contributed by atoms with van der Waals surface area (Å²) in [7, 11) is 0. The molecule has 0 spiro atoms. The van der Waals surface area contributed by atoms with E-state index in [0.717, 1.165) is 27.4 Å². The SMILES string of the molecule is Br.C=CCn1c(-c2ccccc2)csc1=Nc1ccc(NC(C)=O)cc1. The molecule has 26 heavy (non-hydrogen) atoms. The van der Waals surface area contributed by atoms with Crippen LogP contribution in [-0.2, 0) is 11.3 Å². The van der Waals surface area contributed by atoms with E-state index in [0.29, 0.717) is 6.54 Å². The van der Waals surface area contributed by atoms with Gasteiger partial charge in [-0.05, 0) is 29.8 Å². The normalized spacial score (nSPS) is 10.9. The van der Waals surface area contributed by atoms with Gasteiger partial charge in [-0.25, -0.2) is 4.99 Å². The average molecular weight is 430 g/mol. The summed E-state index contributed by atoms with van der Waals surface area (Å²) in [5.41, 5.74) is 3.89. The molecule has 0 fully saturated rings. The van der Waals surface area contributed by atoms with E-state index in [1.54, 1.807) is 11.3 Å². The zero-order valence-corrected chi connectivity index (χ0v) is 16.9. The Hall–Kier alpha value is -2.44. The maximum atomic E-state index is 11.1. The van der Waals surface area contributed by atoms with Gasteiger partial charge in [0, 0.05) is 24.5 Å². The maximum absolute atomic E-state index is 11.1. The van der Waals surface area contributed by atoms with Crippen LogP contribution in [0.15, 0.2) is 77.6 Å². The third-order valence-electron chi connectivity index (χ3n) is 3.59. The molecule has 1 heterocycles. The monoisotopic (exact) mass is 429 g/mol. The number of anilines is 1. The third kappa shape index (κ3) is 4.80. The average Bonchev–Trinajstić information content (AvgIpc) is 3.00. The lowest BCUT2D eigenvalue weighted by atomic mass is 10.2. The van der Waals surface area contributed by atoms with E-state index in [-0.39, 0.29) is 22.9 Å². The van der Waals surface area contributed by atoms with E-state index in [1.165, 1.54) is 6.92 Å². The molecule has 1 N–H and O–H groups in total. The number of nitrogens with one attached hydrogen (secondary N) is 1. The second-order valence-corrected chi connectivity index (χ2v) is 6.35. The molecule has 3 aromatic rings. The molecule has 1 aromatic heterocycles. The molecule has 0 aliphatic rings. The molecule has 134 valence electrons. The van der Waals surface area contributed by atoms with Crippen molar-refractivity contribution in [2.75, 3.05) is 5.32 Å². The first-order valence-corrected chi connectivity index (χ1v) is 8.82. The number of carbonyl (C=O) groups is 1. The summed E-state index contributed by atoms with van der Waals surface area (Å²) in [6.07, 6.45) is 1.87. The molecule has 0 saturated carbocycles. The van der Waals surface area contributed by atoms with Gasteiger partial charge in [0.15, 0.2) is 4.80 Å². The zero-order chi connectivity index (χ0) is 17.6. The highest BCUT2D eigenvalue weighted by molar-refractivity contribution is 8.93. The number of rotatable bonds is 5. The Kier molecular flexibility index (Phi) is 7.12. The molecule has 1 amide bonds. The van der Waals surface area contributed by atoms with Crippen molar-refractivity contribution in [2.24, 2.45) is 4.99 Å². The van der Waals surface area contributed by atoms with Gasteiger partial charge in [-0.3, -0.25) is 4.79 Å². The quantitative estimate of drug-likeness (QED) is 0.558. The standard InChI is InChI=1S/C20H19N3OS.BrH/c1-3-13-23-19(16-7-5-4-6-8-16)14-25-20(23)22-18-11-9-17(10-12-18)21-15(2)24;/h3-12,14H,1,13H2,2H3,(H,21,24);1H. The predicted octanol–water partition coefficient (Wildman–Crippen LogP) is 5.17. The van der Waals surface area contributed by atoms with Crippen LogP contribution in [0.3, 0.4) is 0 Å². The van der Waals surface area contributed by atoms with Gasteiger partial charge in [-0.2, -0.15) is 0 Å². The minimum absolute atomic E-state index is 0. The van der Waals surface area contributed by atoms with Crippen molar-refractivity contribution in [3.63, 3.8) is 0 Å². The zero-order valence-electron chi connectivity index (χ0n) is 14.4. The largest absolute Gasteiger partial charge is 0.326 e. The highest BCUT2D eigenvalue weighted by Crippen LogP contribution is 2.21. The second-order valence-electron chi connectivity index (χ2n) is 5.51. The first-order chi connectivity index (χ1) is 12.2. The summed E-state index contributed by atoms with van der Waals surface area (Å²) in [6, 6.07) is 17.7. The van der Waals surface area contributed by atoms with E-state index < -0.39 is 0 Å². The van der Waals surface area contributed by atoms with Crippen molar-refractivity contribution in [2.45, 2.75) is 13.5 Å². The van der Waals surface area contributed by atoms with Crippen LogP contribution in [0.25, 0.3) is 11.3 Å². The first kappa shape index (κ1) is 19.9. The Bertz CT molecular complexity index is 943. The van der Waals surface area contributed by atoms with E-state index in [4.69, 9.17) is 4.99 Å². The number of allylic oxidation sites excluding steroid dienone is 1. The number of thiazole rings is 1. The smallest absolute Gasteiger partial charge is 0.221 e. The van der Waals surface area contributed by atoms with Gasteiger partial charge < -0.3 is 9.88 Å². The van der Waals surface area contributed by atoms with Gasteiger partial charge in [0.2, 0.25) is 5.91 Å². The Labute approximate surface area is 167 Å². The highest BCUT2D eigenvalue weighted by Gasteiger charge is 2.06. The Morgan fingerprint density at radius 1 is 1.19 bits per heavy atom. The molecular formula is C20H20BrN3OS. The number of aromatic nitrogens is 1. The number of hydrogen-bond acceptors (Lipinski definition) is 3.